The minimum absolute atomic E-state index is 3.04. The van der Waals surface area contributed by atoms with Crippen LogP contribution in [0.3, 0.4) is 0 Å². The van der Waals surface area contributed by atoms with Gasteiger partial charge in [-0.1, -0.05) is 0 Å². The number of carboxylic acid groups (broad SMARTS) is 1. The van der Waals surface area contributed by atoms with Gasteiger partial charge in [-0.25, -0.2) is 9.18 Å². The molecule has 2 nitrogen and oxygen atoms in total. The lowest BCUT2D eigenvalue weighted by Gasteiger charge is -2.26. The summed E-state index contributed by atoms with van der Waals surface area (Å²) in [5.74, 6) is -24.1. The molecule has 0 saturated heterocycles. The van der Waals surface area contributed by atoms with Gasteiger partial charge < -0.3 is 5.11 Å². The molecule has 11 heteroatoms. The van der Waals surface area contributed by atoms with E-state index in [9.17, 15) is 44.3 Å². The fraction of sp³-hybridized carbons (Fsp3) is 0.500. The third kappa shape index (κ3) is 2.47. The van der Waals surface area contributed by atoms with Gasteiger partial charge in [0.15, 0.2) is 0 Å². The highest BCUT2D eigenvalue weighted by Crippen LogP contribution is 2.50. The molecule has 0 rings (SSSR count). The monoisotopic (exact) mass is 276 g/mol. The van der Waals surface area contributed by atoms with Crippen molar-refractivity contribution in [2.75, 3.05) is 0 Å². The third-order valence-corrected chi connectivity index (χ3v) is 1.41. The van der Waals surface area contributed by atoms with Gasteiger partial charge in [-0.3, -0.25) is 0 Å². The quantitative estimate of drug-likeness (QED) is 0.635. The van der Waals surface area contributed by atoms with Gasteiger partial charge in [0.1, 0.15) is 0 Å². The Morgan fingerprint density at radius 2 is 1.24 bits per heavy atom. The molecule has 0 atom stereocenters. The van der Waals surface area contributed by atoms with Crippen molar-refractivity contribution in [1.29, 1.82) is 0 Å². The fourth-order valence-electron chi connectivity index (χ4n) is 0.548. The zero-order chi connectivity index (χ0) is 14.2. The first-order valence-electron chi connectivity index (χ1n) is 3.38. The summed E-state index contributed by atoms with van der Waals surface area (Å²) in [6.07, 6.45) is -6.88. The number of aliphatic carboxylic acids is 1. The van der Waals surface area contributed by atoms with Crippen molar-refractivity contribution in [2.45, 2.75) is 18.0 Å². The van der Waals surface area contributed by atoms with Gasteiger partial charge >= 0.3 is 24.0 Å². The Balaban J connectivity index is 5.74. The number of halogens is 9. The van der Waals surface area contributed by atoms with E-state index in [-0.39, 0.29) is 0 Å². The van der Waals surface area contributed by atoms with E-state index in [2.05, 4.69) is 0 Å². The molecule has 0 radical (unpaired) electrons. The molecule has 0 aromatic heterocycles. The van der Waals surface area contributed by atoms with Gasteiger partial charge in [-0.15, -0.1) is 0 Å². The van der Waals surface area contributed by atoms with Crippen molar-refractivity contribution in [2.24, 2.45) is 0 Å². The molecule has 0 unspecified atom stereocenters. The highest BCUT2D eigenvalue weighted by molar-refractivity contribution is 5.84. The first-order valence-corrected chi connectivity index (χ1v) is 3.38. The van der Waals surface area contributed by atoms with E-state index < -0.39 is 35.6 Å². The van der Waals surface area contributed by atoms with Crippen molar-refractivity contribution >= 4 is 5.97 Å². The van der Waals surface area contributed by atoms with Crippen LogP contribution in [0.25, 0.3) is 0 Å². The second kappa shape index (κ2) is 4.11. The second-order valence-electron chi connectivity index (χ2n) is 2.58. The van der Waals surface area contributed by atoms with Gasteiger partial charge in [0.2, 0.25) is 11.7 Å². The van der Waals surface area contributed by atoms with Crippen LogP contribution in [0.4, 0.5) is 39.5 Å². The van der Waals surface area contributed by atoms with E-state index >= 15 is 0 Å². The lowest BCUT2D eigenvalue weighted by Crippen LogP contribution is -2.52. The largest absolute Gasteiger partial charge is 0.476 e. The summed E-state index contributed by atoms with van der Waals surface area (Å²) in [5.41, 5.74) is 0. The molecule has 17 heavy (non-hydrogen) atoms. The Morgan fingerprint density at radius 1 is 0.882 bits per heavy atom. The molecule has 0 bridgehead atoms. The Kier molecular flexibility index (Phi) is 3.77. The number of carbonyl (C=O) groups is 1. The normalized spacial score (nSPS) is 15.6. The zero-order valence-corrected chi connectivity index (χ0v) is 7.26. The van der Waals surface area contributed by atoms with Crippen LogP contribution < -0.4 is 0 Å². The molecule has 0 aromatic rings. The Hall–Kier alpha value is -1.42. The number of hydrogen-bond acceptors (Lipinski definition) is 1. The number of rotatable bonds is 3. The Morgan fingerprint density at radius 3 is 1.47 bits per heavy atom. The van der Waals surface area contributed by atoms with Gasteiger partial charge in [-0.2, -0.15) is 35.1 Å². The van der Waals surface area contributed by atoms with Gasteiger partial charge in [0.05, 0.1) is 0 Å². The molecule has 0 spiro atoms. The van der Waals surface area contributed by atoms with Crippen LogP contribution in [-0.2, 0) is 4.79 Å². The van der Waals surface area contributed by atoms with Crippen LogP contribution in [0.5, 0.6) is 0 Å². The van der Waals surface area contributed by atoms with E-state index in [1.807, 2.05) is 0 Å². The third-order valence-electron chi connectivity index (χ3n) is 1.41. The molecule has 100 valence electrons. The molecule has 0 heterocycles. The standard InChI is InChI=1S/C6HF9O2/c7-1(3(16)17)2(8)4(9,10)5(11,12)6(13,14)15/h(H,16,17)/b2-1+. The fourth-order valence-corrected chi connectivity index (χ4v) is 0.548. The summed E-state index contributed by atoms with van der Waals surface area (Å²) in [5, 5.41) is 7.65. The van der Waals surface area contributed by atoms with E-state index in [4.69, 9.17) is 5.11 Å². The first kappa shape index (κ1) is 15.6. The summed E-state index contributed by atoms with van der Waals surface area (Å²) in [7, 11) is 0. The molecule has 0 aliphatic heterocycles. The highest BCUT2D eigenvalue weighted by Gasteiger charge is 2.75. The van der Waals surface area contributed by atoms with E-state index in [0.717, 1.165) is 0 Å². The molecule has 0 aliphatic carbocycles. The molecule has 1 N–H and O–H groups in total. The van der Waals surface area contributed by atoms with Crippen LogP contribution in [0.1, 0.15) is 0 Å². The van der Waals surface area contributed by atoms with Crippen LogP contribution in [-0.4, -0.2) is 29.1 Å². The maximum atomic E-state index is 12.3. The molecule has 0 amide bonds. The Labute approximate surface area is 86.3 Å². The molecule has 0 aliphatic rings. The summed E-state index contributed by atoms with van der Waals surface area (Å²) < 4.78 is 107. The predicted octanol–water partition coefficient (Wildman–Crippen LogP) is 3.05. The first-order chi connectivity index (χ1) is 7.26. The zero-order valence-electron chi connectivity index (χ0n) is 7.26. The van der Waals surface area contributed by atoms with Gasteiger partial charge in [0.25, 0.3) is 0 Å². The minimum atomic E-state index is -6.95. The lowest BCUT2D eigenvalue weighted by molar-refractivity contribution is -0.348. The molecular formula is C6HF9O2. The topological polar surface area (TPSA) is 37.3 Å². The predicted molar refractivity (Wildman–Crippen MR) is 32.8 cm³/mol. The number of allylic oxidation sites excluding steroid dienone is 1. The number of alkyl halides is 7. The average molecular weight is 276 g/mol. The van der Waals surface area contributed by atoms with Crippen LogP contribution >= 0.6 is 0 Å². The van der Waals surface area contributed by atoms with E-state index in [0.29, 0.717) is 0 Å². The Bertz CT molecular complexity index is 353. The van der Waals surface area contributed by atoms with Crippen molar-refractivity contribution in [3.8, 4) is 0 Å². The second-order valence-corrected chi connectivity index (χ2v) is 2.58. The summed E-state index contributed by atoms with van der Waals surface area (Å²) >= 11 is 0. The van der Waals surface area contributed by atoms with Gasteiger partial charge in [-0.05, 0) is 0 Å². The smallest absolute Gasteiger partial charge is 0.460 e. The van der Waals surface area contributed by atoms with Crippen LogP contribution in [0.2, 0.25) is 0 Å². The van der Waals surface area contributed by atoms with E-state index in [1.54, 1.807) is 0 Å². The van der Waals surface area contributed by atoms with Crippen LogP contribution in [0, 0.1) is 0 Å². The van der Waals surface area contributed by atoms with Crippen molar-refractivity contribution in [1.82, 2.24) is 0 Å². The maximum absolute atomic E-state index is 12.3. The molecular weight excluding hydrogens is 275 g/mol. The summed E-state index contributed by atoms with van der Waals surface area (Å²) in [6, 6.07) is 0. The SMILES string of the molecule is O=C(O)/C(F)=C(\F)C(F)(F)C(F)(F)C(F)(F)F. The number of hydrogen-bond donors (Lipinski definition) is 1. The van der Waals surface area contributed by atoms with Crippen molar-refractivity contribution < 1.29 is 49.4 Å². The van der Waals surface area contributed by atoms with Gasteiger partial charge in [0, 0.05) is 0 Å². The van der Waals surface area contributed by atoms with Crippen molar-refractivity contribution in [3.05, 3.63) is 11.7 Å². The summed E-state index contributed by atoms with van der Waals surface area (Å²) in [6.45, 7) is 0. The minimum Gasteiger partial charge on any atom is -0.476 e. The maximum Gasteiger partial charge on any atom is 0.460 e. The van der Waals surface area contributed by atoms with Crippen LogP contribution in [0.15, 0.2) is 11.7 Å². The lowest BCUT2D eigenvalue weighted by atomic mass is 10.1. The molecule has 0 saturated carbocycles. The van der Waals surface area contributed by atoms with Crippen molar-refractivity contribution in [3.63, 3.8) is 0 Å². The molecule has 0 fully saturated rings. The average Bonchev–Trinajstić information content (AvgIpc) is 2.13. The molecule has 0 aromatic carbocycles. The highest BCUT2D eigenvalue weighted by atomic mass is 19.4. The number of carboxylic acids is 1. The van der Waals surface area contributed by atoms with E-state index in [1.165, 1.54) is 0 Å². The summed E-state index contributed by atoms with van der Waals surface area (Å²) in [4.78, 5) is 9.63.